The summed E-state index contributed by atoms with van der Waals surface area (Å²) >= 11 is 0. The summed E-state index contributed by atoms with van der Waals surface area (Å²) in [6, 6.07) is 16.0. The van der Waals surface area contributed by atoms with Gasteiger partial charge in [-0.3, -0.25) is 4.90 Å². The molecule has 0 spiro atoms. The van der Waals surface area contributed by atoms with Gasteiger partial charge in [-0.2, -0.15) is 0 Å². The van der Waals surface area contributed by atoms with Crippen molar-refractivity contribution in [1.29, 1.82) is 0 Å². The Kier molecular flexibility index (Phi) is 4.76. The van der Waals surface area contributed by atoms with Gasteiger partial charge in [0, 0.05) is 12.5 Å². The lowest BCUT2D eigenvalue weighted by Crippen LogP contribution is -2.44. The highest BCUT2D eigenvalue weighted by Crippen LogP contribution is 2.35. The lowest BCUT2D eigenvalue weighted by Gasteiger charge is -2.35. The summed E-state index contributed by atoms with van der Waals surface area (Å²) in [4.78, 5) is 2.48. The summed E-state index contributed by atoms with van der Waals surface area (Å²) < 4.78 is 20.2. The first-order valence-corrected chi connectivity index (χ1v) is 11.1. The molecular formula is C24H26N4O3. The molecule has 1 aromatic heterocycles. The highest BCUT2D eigenvalue weighted by atomic mass is 16.6. The van der Waals surface area contributed by atoms with E-state index in [0.29, 0.717) is 19.1 Å². The molecule has 1 atom stereocenters. The monoisotopic (exact) mass is 418 g/mol. The number of nitrogens with zero attached hydrogens (tertiary/aromatic N) is 4. The van der Waals surface area contributed by atoms with Crippen molar-refractivity contribution in [2.45, 2.75) is 31.4 Å². The number of hydrogen-bond acceptors (Lipinski definition) is 6. The molecule has 2 aromatic carbocycles. The van der Waals surface area contributed by atoms with Crippen LogP contribution in [-0.2, 0) is 6.54 Å². The van der Waals surface area contributed by atoms with Crippen LogP contribution in [0.2, 0.25) is 0 Å². The van der Waals surface area contributed by atoms with Crippen LogP contribution in [0.15, 0.2) is 48.5 Å². The number of aromatic nitrogens is 3. The Labute approximate surface area is 181 Å². The predicted molar refractivity (Wildman–Crippen MR) is 116 cm³/mol. The first-order valence-electron chi connectivity index (χ1n) is 11.1. The van der Waals surface area contributed by atoms with Crippen molar-refractivity contribution < 1.29 is 14.2 Å². The molecule has 0 amide bonds. The third-order valence-electron chi connectivity index (χ3n) is 6.46. The molecule has 1 saturated heterocycles. The van der Waals surface area contributed by atoms with E-state index >= 15 is 0 Å². The highest BCUT2D eigenvalue weighted by Gasteiger charge is 2.30. The van der Waals surface area contributed by atoms with Crippen molar-refractivity contribution in [1.82, 2.24) is 19.7 Å². The van der Waals surface area contributed by atoms with Crippen molar-refractivity contribution in [3.05, 3.63) is 54.4 Å². The van der Waals surface area contributed by atoms with E-state index in [1.165, 1.54) is 0 Å². The lowest BCUT2D eigenvalue weighted by atomic mass is 9.95. The molecule has 4 heterocycles. The standard InChI is InChI=1S/C24H26N4O3/c1-2-6-20-19(5-1)24-26-25-23(28(24)13-14-29-20)17-9-11-27(12-10-17)15-18-16-30-21-7-3-4-8-22(21)31-18/h1-8,17-18H,9-16H2. The molecule has 6 rings (SSSR count). The topological polar surface area (TPSA) is 61.6 Å². The zero-order valence-electron chi connectivity index (χ0n) is 17.4. The maximum Gasteiger partial charge on any atom is 0.167 e. The molecule has 7 heteroatoms. The fourth-order valence-electron chi connectivity index (χ4n) is 4.88. The number of hydrogen-bond donors (Lipinski definition) is 0. The van der Waals surface area contributed by atoms with Crippen LogP contribution in [0.1, 0.15) is 24.6 Å². The molecule has 0 bridgehead atoms. The van der Waals surface area contributed by atoms with E-state index in [1.54, 1.807) is 0 Å². The zero-order chi connectivity index (χ0) is 20.6. The SMILES string of the molecule is c1ccc2c(c1)OCC(CN1CCC(c3nnc4n3CCOc3ccccc3-4)CC1)O2. The lowest BCUT2D eigenvalue weighted by molar-refractivity contribution is 0.0510. The Morgan fingerprint density at radius 3 is 2.48 bits per heavy atom. The molecule has 160 valence electrons. The number of benzene rings is 2. The molecule has 1 fully saturated rings. The van der Waals surface area contributed by atoms with Crippen LogP contribution in [0.4, 0.5) is 0 Å². The average Bonchev–Trinajstić information content (AvgIpc) is 3.14. The Morgan fingerprint density at radius 1 is 0.839 bits per heavy atom. The van der Waals surface area contributed by atoms with Gasteiger partial charge in [0.25, 0.3) is 0 Å². The average molecular weight is 418 g/mol. The van der Waals surface area contributed by atoms with Crippen molar-refractivity contribution >= 4 is 0 Å². The number of likely N-dealkylation sites (tertiary alicyclic amines) is 1. The number of ether oxygens (including phenoxy) is 3. The second kappa shape index (κ2) is 7.89. The minimum absolute atomic E-state index is 0.0736. The molecular weight excluding hydrogens is 392 g/mol. The molecule has 0 aliphatic carbocycles. The molecule has 7 nitrogen and oxygen atoms in total. The molecule has 0 saturated carbocycles. The molecule has 1 unspecified atom stereocenters. The minimum Gasteiger partial charge on any atom is -0.491 e. The van der Waals surface area contributed by atoms with Crippen LogP contribution in [0.5, 0.6) is 17.2 Å². The number of fused-ring (bicyclic) bond motifs is 4. The van der Waals surface area contributed by atoms with Crippen LogP contribution in [0, 0.1) is 0 Å². The van der Waals surface area contributed by atoms with Crippen LogP contribution in [-0.4, -0.2) is 58.6 Å². The highest BCUT2D eigenvalue weighted by molar-refractivity contribution is 5.64. The van der Waals surface area contributed by atoms with Gasteiger partial charge in [-0.05, 0) is 50.2 Å². The summed E-state index contributed by atoms with van der Waals surface area (Å²) in [5.41, 5.74) is 1.03. The first kappa shape index (κ1) is 18.7. The van der Waals surface area contributed by atoms with Crippen LogP contribution < -0.4 is 14.2 Å². The summed E-state index contributed by atoms with van der Waals surface area (Å²) in [5, 5.41) is 9.17. The van der Waals surface area contributed by atoms with Gasteiger partial charge in [-0.15, -0.1) is 10.2 Å². The fraction of sp³-hybridized carbons (Fsp3) is 0.417. The van der Waals surface area contributed by atoms with E-state index in [1.807, 2.05) is 42.5 Å². The Bertz CT molecular complexity index is 1070. The predicted octanol–water partition coefficient (Wildman–Crippen LogP) is 3.36. The van der Waals surface area contributed by atoms with Gasteiger partial charge in [0.05, 0.1) is 12.1 Å². The fourth-order valence-corrected chi connectivity index (χ4v) is 4.88. The van der Waals surface area contributed by atoms with Gasteiger partial charge in [-0.1, -0.05) is 24.3 Å². The second-order valence-electron chi connectivity index (χ2n) is 8.45. The van der Waals surface area contributed by atoms with Crippen LogP contribution >= 0.6 is 0 Å². The molecule has 3 aliphatic heterocycles. The van der Waals surface area contributed by atoms with Gasteiger partial charge in [-0.25, -0.2) is 0 Å². The van der Waals surface area contributed by atoms with E-state index in [9.17, 15) is 0 Å². The summed E-state index contributed by atoms with van der Waals surface area (Å²) in [5.74, 6) is 5.04. The van der Waals surface area contributed by atoms with Crippen molar-refractivity contribution in [2.24, 2.45) is 0 Å². The van der Waals surface area contributed by atoms with E-state index in [4.69, 9.17) is 14.2 Å². The molecule has 0 N–H and O–H groups in total. The second-order valence-corrected chi connectivity index (χ2v) is 8.45. The zero-order valence-corrected chi connectivity index (χ0v) is 17.4. The molecule has 31 heavy (non-hydrogen) atoms. The Morgan fingerprint density at radius 2 is 1.61 bits per heavy atom. The summed E-state index contributed by atoms with van der Waals surface area (Å²) in [6.45, 7) is 4.99. The number of rotatable bonds is 3. The summed E-state index contributed by atoms with van der Waals surface area (Å²) in [6.07, 6.45) is 2.22. The normalized spacial score (nSPS) is 21.0. The van der Waals surface area contributed by atoms with E-state index in [-0.39, 0.29) is 6.10 Å². The number of para-hydroxylation sites is 3. The molecule has 3 aromatic rings. The van der Waals surface area contributed by atoms with E-state index < -0.39 is 0 Å². The van der Waals surface area contributed by atoms with Gasteiger partial charge in [0.1, 0.15) is 30.9 Å². The van der Waals surface area contributed by atoms with Gasteiger partial charge in [0.15, 0.2) is 17.3 Å². The van der Waals surface area contributed by atoms with Crippen molar-refractivity contribution in [2.75, 3.05) is 32.8 Å². The van der Waals surface area contributed by atoms with Crippen LogP contribution in [0.3, 0.4) is 0 Å². The maximum absolute atomic E-state index is 6.15. The quantitative estimate of drug-likeness (QED) is 0.650. The van der Waals surface area contributed by atoms with Crippen molar-refractivity contribution in [3.8, 4) is 28.6 Å². The largest absolute Gasteiger partial charge is 0.491 e. The Hall–Kier alpha value is -3.06. The summed E-state index contributed by atoms with van der Waals surface area (Å²) in [7, 11) is 0. The van der Waals surface area contributed by atoms with E-state index in [0.717, 1.165) is 73.5 Å². The van der Waals surface area contributed by atoms with E-state index in [2.05, 4.69) is 25.7 Å². The third kappa shape index (κ3) is 3.53. The van der Waals surface area contributed by atoms with Gasteiger partial charge >= 0.3 is 0 Å². The van der Waals surface area contributed by atoms with Crippen LogP contribution in [0.25, 0.3) is 11.4 Å². The maximum atomic E-state index is 6.15. The third-order valence-corrected chi connectivity index (χ3v) is 6.46. The smallest absolute Gasteiger partial charge is 0.167 e. The molecule has 0 radical (unpaired) electrons. The van der Waals surface area contributed by atoms with Gasteiger partial charge < -0.3 is 18.8 Å². The Balaban J connectivity index is 1.12. The molecule has 3 aliphatic rings. The first-order chi connectivity index (χ1) is 15.3. The minimum atomic E-state index is 0.0736. The number of piperidine rings is 1. The van der Waals surface area contributed by atoms with Gasteiger partial charge in [0.2, 0.25) is 0 Å². The van der Waals surface area contributed by atoms with Crippen molar-refractivity contribution in [3.63, 3.8) is 0 Å².